The first-order valence-electron chi connectivity index (χ1n) is 8.98. The summed E-state index contributed by atoms with van der Waals surface area (Å²) in [6.45, 7) is 1.43. The Bertz CT molecular complexity index is 1100. The molecule has 4 rings (SSSR count). The molecule has 1 aromatic heterocycles. The standard InChI is InChI=1S/C19H20N4O3S2/c24-28(25,17-6-2-1-3-7-17)22-15-10-8-14(9-11-15)18-20-21-19(27)23(18)13-16-5-4-12-26-16/h1-3,6-11,16,22H,4-5,12-13H2,(H,21,27)/t16-/m1/s1. The second-order valence-corrected chi connectivity index (χ2v) is 8.66. The Morgan fingerprint density at radius 3 is 2.61 bits per heavy atom. The molecule has 7 nitrogen and oxygen atoms in total. The van der Waals surface area contributed by atoms with Crippen LogP contribution in [-0.4, -0.2) is 35.9 Å². The lowest BCUT2D eigenvalue weighted by Gasteiger charge is -2.13. The Balaban J connectivity index is 1.55. The van der Waals surface area contributed by atoms with E-state index in [1.165, 1.54) is 0 Å². The van der Waals surface area contributed by atoms with Gasteiger partial charge in [0.15, 0.2) is 10.6 Å². The van der Waals surface area contributed by atoms with Crippen LogP contribution in [0.15, 0.2) is 59.5 Å². The largest absolute Gasteiger partial charge is 0.376 e. The van der Waals surface area contributed by atoms with Gasteiger partial charge in [0.05, 0.1) is 17.5 Å². The maximum absolute atomic E-state index is 12.4. The Kier molecular flexibility index (Phi) is 5.29. The summed E-state index contributed by atoms with van der Waals surface area (Å²) in [5.74, 6) is 0.706. The summed E-state index contributed by atoms with van der Waals surface area (Å²) in [5.41, 5.74) is 1.32. The number of rotatable bonds is 6. The predicted molar refractivity (Wildman–Crippen MR) is 109 cm³/mol. The van der Waals surface area contributed by atoms with Crippen LogP contribution < -0.4 is 4.72 Å². The van der Waals surface area contributed by atoms with Gasteiger partial charge in [0.2, 0.25) is 0 Å². The Morgan fingerprint density at radius 1 is 1.18 bits per heavy atom. The fraction of sp³-hybridized carbons (Fsp3) is 0.263. The van der Waals surface area contributed by atoms with E-state index in [-0.39, 0.29) is 11.0 Å². The van der Waals surface area contributed by atoms with Gasteiger partial charge in [-0.15, -0.1) is 0 Å². The average Bonchev–Trinajstić information content (AvgIpc) is 3.34. The van der Waals surface area contributed by atoms with E-state index >= 15 is 0 Å². The van der Waals surface area contributed by atoms with E-state index < -0.39 is 10.0 Å². The fourth-order valence-electron chi connectivity index (χ4n) is 3.20. The van der Waals surface area contributed by atoms with Crippen molar-refractivity contribution in [2.24, 2.45) is 0 Å². The zero-order valence-electron chi connectivity index (χ0n) is 15.0. The smallest absolute Gasteiger partial charge is 0.261 e. The van der Waals surface area contributed by atoms with Crippen molar-refractivity contribution in [1.82, 2.24) is 14.8 Å². The van der Waals surface area contributed by atoms with Gasteiger partial charge in [-0.3, -0.25) is 14.4 Å². The van der Waals surface area contributed by atoms with Crippen LogP contribution in [0.2, 0.25) is 0 Å². The number of sulfonamides is 1. The number of anilines is 1. The number of ether oxygens (including phenoxy) is 1. The minimum atomic E-state index is -3.62. The molecule has 0 aliphatic carbocycles. The molecule has 1 saturated heterocycles. The van der Waals surface area contributed by atoms with Crippen molar-refractivity contribution >= 4 is 27.9 Å². The Morgan fingerprint density at radius 2 is 1.93 bits per heavy atom. The molecular formula is C19H20N4O3S2. The molecule has 146 valence electrons. The number of H-pyrrole nitrogens is 1. The third-order valence-corrected chi connectivity index (χ3v) is 6.33. The summed E-state index contributed by atoms with van der Waals surface area (Å²) in [7, 11) is -3.62. The zero-order chi connectivity index (χ0) is 19.6. The number of benzene rings is 2. The van der Waals surface area contributed by atoms with E-state index in [1.807, 2.05) is 16.7 Å². The van der Waals surface area contributed by atoms with Gasteiger partial charge in [0.25, 0.3) is 10.0 Å². The SMILES string of the molecule is O=S(=O)(Nc1ccc(-c2n[nH]c(=S)n2C[C@H]2CCCO2)cc1)c1ccccc1. The third-order valence-electron chi connectivity index (χ3n) is 4.62. The van der Waals surface area contributed by atoms with Crippen LogP contribution in [0.25, 0.3) is 11.4 Å². The summed E-state index contributed by atoms with van der Waals surface area (Å²) < 4.78 is 35.7. The summed E-state index contributed by atoms with van der Waals surface area (Å²) in [6.07, 6.45) is 2.20. The molecule has 0 amide bonds. The second kappa shape index (κ2) is 7.86. The monoisotopic (exact) mass is 416 g/mol. The normalized spacial score (nSPS) is 16.9. The quantitative estimate of drug-likeness (QED) is 0.600. The van der Waals surface area contributed by atoms with Gasteiger partial charge >= 0.3 is 0 Å². The van der Waals surface area contributed by atoms with Crippen molar-refractivity contribution in [3.8, 4) is 11.4 Å². The van der Waals surface area contributed by atoms with Crippen molar-refractivity contribution in [2.75, 3.05) is 11.3 Å². The van der Waals surface area contributed by atoms with E-state index in [9.17, 15) is 8.42 Å². The van der Waals surface area contributed by atoms with Gasteiger partial charge in [0.1, 0.15) is 0 Å². The number of aromatic nitrogens is 3. The Hall–Kier alpha value is -2.49. The second-order valence-electron chi connectivity index (χ2n) is 6.59. The molecule has 0 saturated carbocycles. The molecule has 1 aliphatic rings. The minimum Gasteiger partial charge on any atom is -0.376 e. The lowest BCUT2D eigenvalue weighted by Crippen LogP contribution is -2.16. The third kappa shape index (κ3) is 4.01. The Labute approximate surface area is 168 Å². The maximum Gasteiger partial charge on any atom is 0.261 e. The van der Waals surface area contributed by atoms with Gasteiger partial charge < -0.3 is 4.74 Å². The van der Waals surface area contributed by atoms with Crippen LogP contribution in [0.5, 0.6) is 0 Å². The molecule has 0 unspecified atom stereocenters. The van der Waals surface area contributed by atoms with Crippen LogP contribution >= 0.6 is 12.2 Å². The molecule has 1 atom stereocenters. The van der Waals surface area contributed by atoms with Gasteiger partial charge in [0, 0.05) is 17.9 Å². The van der Waals surface area contributed by atoms with Crippen LogP contribution in [0.1, 0.15) is 12.8 Å². The zero-order valence-corrected chi connectivity index (χ0v) is 16.7. The summed E-state index contributed by atoms with van der Waals surface area (Å²) in [6, 6.07) is 15.3. The number of hydrogen-bond donors (Lipinski definition) is 2. The first kappa shape index (κ1) is 18.9. The highest BCUT2D eigenvalue weighted by molar-refractivity contribution is 7.92. The maximum atomic E-state index is 12.4. The summed E-state index contributed by atoms with van der Waals surface area (Å²) in [5, 5.41) is 7.16. The summed E-state index contributed by atoms with van der Waals surface area (Å²) in [4.78, 5) is 0.219. The highest BCUT2D eigenvalue weighted by Crippen LogP contribution is 2.23. The number of aromatic amines is 1. The van der Waals surface area contributed by atoms with Gasteiger partial charge in [-0.2, -0.15) is 5.10 Å². The molecule has 3 aromatic rings. The molecule has 0 spiro atoms. The average molecular weight is 417 g/mol. The summed E-state index contributed by atoms with van der Waals surface area (Å²) >= 11 is 5.36. The molecule has 2 N–H and O–H groups in total. The van der Waals surface area contributed by atoms with Crippen LogP contribution in [-0.2, 0) is 21.3 Å². The van der Waals surface area contributed by atoms with Gasteiger partial charge in [-0.05, 0) is 61.5 Å². The van der Waals surface area contributed by atoms with Crippen LogP contribution in [0.3, 0.4) is 0 Å². The first-order chi connectivity index (χ1) is 13.5. The highest BCUT2D eigenvalue weighted by Gasteiger charge is 2.19. The lowest BCUT2D eigenvalue weighted by molar-refractivity contribution is 0.0970. The van der Waals surface area contributed by atoms with E-state index in [2.05, 4.69) is 14.9 Å². The van der Waals surface area contributed by atoms with E-state index in [0.29, 0.717) is 22.8 Å². The number of nitrogens with zero attached hydrogens (tertiary/aromatic N) is 2. The molecule has 0 radical (unpaired) electrons. The van der Waals surface area contributed by atoms with Crippen molar-refractivity contribution in [1.29, 1.82) is 0 Å². The van der Waals surface area contributed by atoms with E-state index in [4.69, 9.17) is 17.0 Å². The molecule has 1 fully saturated rings. The number of nitrogens with one attached hydrogen (secondary N) is 2. The van der Waals surface area contributed by atoms with Crippen LogP contribution in [0, 0.1) is 4.77 Å². The molecule has 2 aromatic carbocycles. The highest BCUT2D eigenvalue weighted by atomic mass is 32.2. The van der Waals surface area contributed by atoms with E-state index in [0.717, 1.165) is 25.0 Å². The molecule has 1 aliphatic heterocycles. The van der Waals surface area contributed by atoms with E-state index in [1.54, 1.807) is 42.5 Å². The van der Waals surface area contributed by atoms with Crippen molar-refractivity contribution in [3.05, 3.63) is 59.4 Å². The fourth-order valence-corrected chi connectivity index (χ4v) is 4.49. The topological polar surface area (TPSA) is 89.0 Å². The van der Waals surface area contributed by atoms with Crippen molar-refractivity contribution in [2.45, 2.75) is 30.4 Å². The lowest BCUT2D eigenvalue weighted by atomic mass is 10.2. The first-order valence-corrected chi connectivity index (χ1v) is 10.9. The molecular weight excluding hydrogens is 396 g/mol. The predicted octanol–water partition coefficient (Wildman–Crippen LogP) is 3.59. The molecule has 28 heavy (non-hydrogen) atoms. The molecule has 0 bridgehead atoms. The van der Waals surface area contributed by atoms with Crippen molar-refractivity contribution < 1.29 is 13.2 Å². The minimum absolute atomic E-state index is 0.139. The molecule has 2 heterocycles. The number of hydrogen-bond acceptors (Lipinski definition) is 5. The van der Waals surface area contributed by atoms with Gasteiger partial charge in [-0.25, -0.2) is 8.42 Å². The van der Waals surface area contributed by atoms with Crippen molar-refractivity contribution in [3.63, 3.8) is 0 Å². The molecule has 9 heteroatoms. The van der Waals surface area contributed by atoms with Crippen LogP contribution in [0.4, 0.5) is 5.69 Å². The van der Waals surface area contributed by atoms with Gasteiger partial charge in [-0.1, -0.05) is 18.2 Å².